The lowest BCUT2D eigenvalue weighted by atomic mass is 10.2. The van der Waals surface area contributed by atoms with E-state index in [4.69, 9.17) is 37.8 Å². The zero-order chi connectivity index (χ0) is 17.7. The molecule has 1 N–H and O–H groups in total. The van der Waals surface area contributed by atoms with Crippen LogP contribution in [-0.2, 0) is 4.79 Å². The van der Waals surface area contributed by atoms with Gasteiger partial charge in [0, 0.05) is 16.8 Å². The maximum atomic E-state index is 11.0. The van der Waals surface area contributed by atoms with Crippen LogP contribution in [-0.4, -0.2) is 30.5 Å². The fourth-order valence-electron chi connectivity index (χ4n) is 1.87. The monoisotopic (exact) mass is 367 g/mol. The van der Waals surface area contributed by atoms with E-state index in [0.717, 1.165) is 0 Å². The Labute approximate surface area is 149 Å². The van der Waals surface area contributed by atoms with E-state index in [1.165, 1.54) is 20.2 Å². The number of hydrogen-bond donors (Lipinski definition) is 1. The van der Waals surface area contributed by atoms with Gasteiger partial charge in [0.1, 0.15) is 0 Å². The standard InChI is InChI=1S/C17H15Cl2NO4/c1-10(17(21)22)24-16-11(4-3-5-15(16)23-2)9-20-14-7-6-12(18)8-13(14)19/h3-10H,1-2H3,(H,21,22)/t10-/m1/s1. The molecule has 0 fully saturated rings. The molecular formula is C17H15Cl2NO4. The Morgan fingerprint density at radius 1 is 1.29 bits per heavy atom. The van der Waals surface area contributed by atoms with Gasteiger partial charge in [0.15, 0.2) is 17.6 Å². The molecule has 0 aliphatic heterocycles. The molecule has 0 aliphatic carbocycles. The lowest BCUT2D eigenvalue weighted by molar-refractivity contribution is -0.144. The number of carbonyl (C=O) groups is 1. The fourth-order valence-corrected chi connectivity index (χ4v) is 2.33. The molecule has 0 heterocycles. The number of hydrogen-bond acceptors (Lipinski definition) is 4. The SMILES string of the molecule is COc1cccc(C=Nc2ccc(Cl)cc2Cl)c1O[C@H](C)C(=O)O. The van der Waals surface area contributed by atoms with Crippen LogP contribution < -0.4 is 9.47 Å². The van der Waals surface area contributed by atoms with Gasteiger partial charge in [-0.1, -0.05) is 29.3 Å². The van der Waals surface area contributed by atoms with Crippen molar-refractivity contribution in [1.29, 1.82) is 0 Å². The molecule has 7 heteroatoms. The number of halogens is 2. The first-order valence-corrected chi connectivity index (χ1v) is 7.73. The van der Waals surface area contributed by atoms with Gasteiger partial charge in [0.2, 0.25) is 0 Å². The molecular weight excluding hydrogens is 353 g/mol. The highest BCUT2D eigenvalue weighted by molar-refractivity contribution is 6.36. The molecule has 0 spiro atoms. The summed E-state index contributed by atoms with van der Waals surface area (Å²) in [5, 5.41) is 9.96. The molecule has 5 nitrogen and oxygen atoms in total. The van der Waals surface area contributed by atoms with Crippen LogP contribution in [0.15, 0.2) is 41.4 Å². The highest BCUT2D eigenvalue weighted by atomic mass is 35.5. The van der Waals surface area contributed by atoms with Crippen molar-refractivity contribution in [3.63, 3.8) is 0 Å². The molecule has 2 aromatic rings. The van der Waals surface area contributed by atoms with Gasteiger partial charge in [-0.2, -0.15) is 0 Å². The van der Waals surface area contributed by atoms with Gasteiger partial charge < -0.3 is 14.6 Å². The summed E-state index contributed by atoms with van der Waals surface area (Å²) in [5.41, 5.74) is 1.09. The van der Waals surface area contributed by atoms with E-state index in [1.54, 1.807) is 36.4 Å². The molecule has 0 radical (unpaired) electrons. The van der Waals surface area contributed by atoms with E-state index in [0.29, 0.717) is 32.8 Å². The lowest BCUT2D eigenvalue weighted by Crippen LogP contribution is -2.23. The molecule has 126 valence electrons. The maximum Gasteiger partial charge on any atom is 0.344 e. The molecule has 0 unspecified atom stereocenters. The highest BCUT2D eigenvalue weighted by Gasteiger charge is 2.17. The van der Waals surface area contributed by atoms with Gasteiger partial charge >= 0.3 is 5.97 Å². The Kier molecular flexibility index (Phi) is 6.06. The van der Waals surface area contributed by atoms with Crippen molar-refractivity contribution in [2.75, 3.05) is 7.11 Å². The predicted octanol–water partition coefficient (Wildman–Crippen LogP) is 4.60. The van der Waals surface area contributed by atoms with Crippen LogP contribution in [0.1, 0.15) is 12.5 Å². The molecule has 0 saturated heterocycles. The third-order valence-electron chi connectivity index (χ3n) is 3.12. The number of carboxylic acid groups (broad SMARTS) is 1. The Hall–Kier alpha value is -2.24. The normalized spacial score (nSPS) is 12.2. The largest absolute Gasteiger partial charge is 0.493 e. The molecule has 1 atom stereocenters. The lowest BCUT2D eigenvalue weighted by Gasteiger charge is -2.15. The van der Waals surface area contributed by atoms with Crippen molar-refractivity contribution in [3.8, 4) is 11.5 Å². The van der Waals surface area contributed by atoms with Crippen LogP contribution in [0.4, 0.5) is 5.69 Å². The van der Waals surface area contributed by atoms with Crippen LogP contribution in [0.3, 0.4) is 0 Å². The minimum absolute atomic E-state index is 0.295. The summed E-state index contributed by atoms with van der Waals surface area (Å²) < 4.78 is 10.7. The fraction of sp³-hybridized carbons (Fsp3) is 0.176. The van der Waals surface area contributed by atoms with Gasteiger partial charge in [-0.15, -0.1) is 0 Å². The van der Waals surface area contributed by atoms with Gasteiger partial charge in [0.05, 0.1) is 17.8 Å². The van der Waals surface area contributed by atoms with E-state index in [-0.39, 0.29) is 0 Å². The smallest absolute Gasteiger partial charge is 0.344 e. The average molecular weight is 368 g/mol. The second kappa shape index (κ2) is 8.04. The molecule has 24 heavy (non-hydrogen) atoms. The summed E-state index contributed by atoms with van der Waals surface area (Å²) in [6.45, 7) is 1.44. The van der Waals surface area contributed by atoms with Gasteiger partial charge in [-0.25, -0.2) is 4.79 Å². The average Bonchev–Trinajstić information content (AvgIpc) is 2.54. The van der Waals surface area contributed by atoms with Crippen molar-refractivity contribution in [2.24, 2.45) is 4.99 Å². The van der Waals surface area contributed by atoms with Crippen LogP contribution in [0.2, 0.25) is 10.0 Å². The first kappa shape index (κ1) is 18.1. The summed E-state index contributed by atoms with van der Waals surface area (Å²) in [6.07, 6.45) is 0.495. The van der Waals surface area contributed by atoms with Crippen molar-refractivity contribution in [2.45, 2.75) is 13.0 Å². The van der Waals surface area contributed by atoms with Crippen LogP contribution in [0, 0.1) is 0 Å². The van der Waals surface area contributed by atoms with Crippen molar-refractivity contribution in [1.82, 2.24) is 0 Å². The van der Waals surface area contributed by atoms with Crippen molar-refractivity contribution in [3.05, 3.63) is 52.0 Å². The van der Waals surface area contributed by atoms with E-state index >= 15 is 0 Å². The summed E-state index contributed by atoms with van der Waals surface area (Å²) in [4.78, 5) is 15.3. The zero-order valence-corrected chi connectivity index (χ0v) is 14.5. The van der Waals surface area contributed by atoms with E-state index < -0.39 is 12.1 Å². The van der Waals surface area contributed by atoms with Crippen LogP contribution in [0.25, 0.3) is 0 Å². The second-order valence-electron chi connectivity index (χ2n) is 4.83. The van der Waals surface area contributed by atoms with E-state index in [2.05, 4.69) is 4.99 Å². The number of para-hydroxylation sites is 1. The first-order chi connectivity index (χ1) is 11.4. The number of ether oxygens (including phenoxy) is 2. The van der Waals surface area contributed by atoms with E-state index in [1.807, 2.05) is 0 Å². The number of aliphatic carboxylic acids is 1. The third kappa shape index (κ3) is 4.40. The third-order valence-corrected chi connectivity index (χ3v) is 3.66. The molecule has 0 saturated carbocycles. The Bertz CT molecular complexity index is 777. The molecule has 0 aromatic heterocycles. The number of aliphatic imine (C=N–C) groups is 1. The maximum absolute atomic E-state index is 11.0. The van der Waals surface area contributed by atoms with Gasteiger partial charge in [-0.05, 0) is 37.3 Å². The van der Waals surface area contributed by atoms with Crippen LogP contribution >= 0.6 is 23.2 Å². The molecule has 2 rings (SSSR count). The first-order valence-electron chi connectivity index (χ1n) is 6.98. The van der Waals surface area contributed by atoms with Gasteiger partial charge in [-0.3, -0.25) is 4.99 Å². The predicted molar refractivity (Wildman–Crippen MR) is 94.4 cm³/mol. The number of nitrogens with zero attached hydrogens (tertiary/aromatic N) is 1. The minimum Gasteiger partial charge on any atom is -0.493 e. The van der Waals surface area contributed by atoms with Crippen molar-refractivity contribution < 1.29 is 19.4 Å². The Morgan fingerprint density at radius 3 is 2.67 bits per heavy atom. The molecule has 2 aromatic carbocycles. The number of carboxylic acids is 1. The number of benzene rings is 2. The highest BCUT2D eigenvalue weighted by Crippen LogP contribution is 2.32. The topological polar surface area (TPSA) is 68.1 Å². The quantitative estimate of drug-likeness (QED) is 0.757. The molecule has 0 aliphatic rings. The Morgan fingerprint density at radius 2 is 2.04 bits per heavy atom. The summed E-state index contributed by atoms with van der Waals surface area (Å²) in [5.74, 6) is -0.373. The Balaban J connectivity index is 2.38. The summed E-state index contributed by atoms with van der Waals surface area (Å²) in [7, 11) is 1.48. The number of methoxy groups -OCH3 is 1. The van der Waals surface area contributed by atoms with Crippen LogP contribution in [0.5, 0.6) is 11.5 Å². The second-order valence-corrected chi connectivity index (χ2v) is 5.67. The zero-order valence-electron chi connectivity index (χ0n) is 13.0. The summed E-state index contributed by atoms with van der Waals surface area (Å²) >= 11 is 11.9. The van der Waals surface area contributed by atoms with Crippen molar-refractivity contribution >= 4 is 41.1 Å². The van der Waals surface area contributed by atoms with E-state index in [9.17, 15) is 4.79 Å². The van der Waals surface area contributed by atoms with Gasteiger partial charge in [0.25, 0.3) is 0 Å². The summed E-state index contributed by atoms with van der Waals surface area (Å²) in [6, 6.07) is 10.1. The molecule has 0 amide bonds. The minimum atomic E-state index is -1.08. The molecule has 0 bridgehead atoms. The number of rotatable bonds is 6.